The summed E-state index contributed by atoms with van der Waals surface area (Å²) in [4.78, 5) is 0. The summed E-state index contributed by atoms with van der Waals surface area (Å²) in [5.41, 5.74) is 4.09. The van der Waals surface area contributed by atoms with Crippen LogP contribution < -0.4 is 4.74 Å². The van der Waals surface area contributed by atoms with E-state index in [0.29, 0.717) is 5.92 Å². The minimum Gasteiger partial charge on any atom is -0.491 e. The molecule has 0 aliphatic heterocycles. The summed E-state index contributed by atoms with van der Waals surface area (Å²) in [6.45, 7) is 4.07. The van der Waals surface area contributed by atoms with Gasteiger partial charge in [-0.2, -0.15) is 0 Å². The van der Waals surface area contributed by atoms with E-state index in [-0.39, 0.29) is 11.5 Å². The Morgan fingerprint density at radius 2 is 1.52 bits per heavy atom. The minimum atomic E-state index is 0.0606. The fourth-order valence-corrected chi connectivity index (χ4v) is 3.40. The van der Waals surface area contributed by atoms with Crippen LogP contribution in [0, 0.1) is 5.92 Å². The van der Waals surface area contributed by atoms with Crippen LogP contribution in [0.5, 0.6) is 5.75 Å². The molecule has 1 nitrogen and oxygen atoms in total. The first-order chi connectivity index (χ1) is 10.1. The van der Waals surface area contributed by atoms with Gasteiger partial charge in [0.25, 0.3) is 0 Å². The van der Waals surface area contributed by atoms with Crippen LogP contribution in [0.25, 0.3) is 0 Å². The Hall–Kier alpha value is -1.47. The van der Waals surface area contributed by atoms with E-state index >= 15 is 0 Å². The summed E-state index contributed by atoms with van der Waals surface area (Å²) in [5, 5.41) is 0.0606. The van der Waals surface area contributed by atoms with Crippen LogP contribution in [0.3, 0.4) is 0 Å². The summed E-state index contributed by atoms with van der Waals surface area (Å²) >= 11 is 6.72. The minimum absolute atomic E-state index is 0.0606. The van der Waals surface area contributed by atoms with Crippen molar-refractivity contribution in [3.63, 3.8) is 0 Å². The van der Waals surface area contributed by atoms with Crippen LogP contribution in [-0.4, -0.2) is 6.10 Å². The fraction of sp³-hybridized carbons (Fsp3) is 0.368. The lowest BCUT2D eigenvalue weighted by atomic mass is 9.96. The number of ether oxygens (including phenoxy) is 1. The van der Waals surface area contributed by atoms with Gasteiger partial charge in [-0.3, -0.25) is 0 Å². The van der Waals surface area contributed by atoms with Crippen LogP contribution >= 0.6 is 11.6 Å². The molecule has 1 atom stereocenters. The Balaban J connectivity index is 1.70. The molecule has 1 unspecified atom stereocenters. The number of halogens is 1. The summed E-state index contributed by atoms with van der Waals surface area (Å²) in [6, 6.07) is 16.9. The third-order valence-corrected chi connectivity index (χ3v) is 4.68. The Bertz CT molecular complexity index is 578. The van der Waals surface area contributed by atoms with E-state index in [2.05, 4.69) is 36.4 Å². The second kappa shape index (κ2) is 6.11. The highest BCUT2D eigenvalue weighted by molar-refractivity contribution is 6.21. The quantitative estimate of drug-likeness (QED) is 0.708. The van der Waals surface area contributed by atoms with Crippen LogP contribution in [0.15, 0.2) is 48.5 Å². The highest BCUT2D eigenvalue weighted by Gasteiger charge is 2.28. The van der Waals surface area contributed by atoms with Crippen LogP contribution in [-0.2, 0) is 12.8 Å². The molecule has 2 heteroatoms. The molecular weight excluding hydrogens is 280 g/mol. The first kappa shape index (κ1) is 14.5. The van der Waals surface area contributed by atoms with E-state index in [4.69, 9.17) is 16.3 Å². The molecule has 0 saturated heterocycles. The molecule has 0 fully saturated rings. The van der Waals surface area contributed by atoms with Gasteiger partial charge in [-0.1, -0.05) is 36.4 Å². The molecule has 0 N–H and O–H groups in total. The molecule has 0 radical (unpaired) electrons. The largest absolute Gasteiger partial charge is 0.491 e. The summed E-state index contributed by atoms with van der Waals surface area (Å²) in [6.07, 6.45) is 2.36. The van der Waals surface area contributed by atoms with Gasteiger partial charge in [0.15, 0.2) is 0 Å². The molecule has 3 rings (SSSR count). The molecule has 0 saturated carbocycles. The highest BCUT2D eigenvalue weighted by atomic mass is 35.5. The number of benzene rings is 2. The van der Waals surface area contributed by atoms with E-state index < -0.39 is 0 Å². The Morgan fingerprint density at radius 3 is 2.05 bits per heavy atom. The average Bonchev–Trinajstić information content (AvgIpc) is 2.90. The maximum absolute atomic E-state index is 6.72. The number of hydrogen-bond donors (Lipinski definition) is 0. The van der Waals surface area contributed by atoms with Gasteiger partial charge in [0, 0.05) is 0 Å². The van der Waals surface area contributed by atoms with Crippen molar-refractivity contribution in [1.29, 1.82) is 0 Å². The van der Waals surface area contributed by atoms with Crippen molar-refractivity contribution in [3.8, 4) is 5.75 Å². The second-order valence-corrected chi connectivity index (χ2v) is 6.54. The van der Waals surface area contributed by atoms with Crippen LogP contribution in [0.4, 0.5) is 0 Å². The van der Waals surface area contributed by atoms with Crippen molar-refractivity contribution in [2.24, 2.45) is 5.92 Å². The summed E-state index contributed by atoms with van der Waals surface area (Å²) in [7, 11) is 0. The van der Waals surface area contributed by atoms with Crippen LogP contribution in [0.2, 0.25) is 0 Å². The average molecular weight is 301 g/mol. The van der Waals surface area contributed by atoms with Gasteiger partial charge in [0.05, 0.1) is 11.5 Å². The predicted molar refractivity (Wildman–Crippen MR) is 88.1 cm³/mol. The van der Waals surface area contributed by atoms with Gasteiger partial charge < -0.3 is 4.74 Å². The van der Waals surface area contributed by atoms with Gasteiger partial charge in [0.2, 0.25) is 0 Å². The van der Waals surface area contributed by atoms with Crippen molar-refractivity contribution in [1.82, 2.24) is 0 Å². The van der Waals surface area contributed by atoms with Gasteiger partial charge in [-0.15, -0.1) is 11.6 Å². The number of rotatable bonds is 4. The molecule has 110 valence electrons. The molecule has 21 heavy (non-hydrogen) atoms. The first-order valence-corrected chi connectivity index (χ1v) is 8.04. The molecule has 0 bridgehead atoms. The standard InChI is InChI=1S/C19H21ClO/c1-13(2)21-18-9-7-14(8-10-18)19(20)17-11-15-5-3-4-6-16(15)12-17/h3-10,13,17,19H,11-12H2,1-2H3. The monoisotopic (exact) mass is 300 g/mol. The van der Waals surface area contributed by atoms with E-state index in [1.165, 1.54) is 16.7 Å². The molecule has 0 heterocycles. The van der Waals surface area contributed by atoms with E-state index in [9.17, 15) is 0 Å². The molecule has 2 aromatic rings. The van der Waals surface area contributed by atoms with Gasteiger partial charge in [-0.05, 0) is 61.4 Å². The Labute approximate surface area is 131 Å². The molecular formula is C19H21ClO. The Morgan fingerprint density at radius 1 is 0.952 bits per heavy atom. The van der Waals surface area contributed by atoms with E-state index in [1.807, 2.05) is 26.0 Å². The first-order valence-electron chi connectivity index (χ1n) is 7.61. The van der Waals surface area contributed by atoms with Crippen molar-refractivity contribution in [2.75, 3.05) is 0 Å². The lowest BCUT2D eigenvalue weighted by Crippen LogP contribution is -2.09. The summed E-state index contributed by atoms with van der Waals surface area (Å²) < 4.78 is 5.68. The number of alkyl halides is 1. The molecule has 0 spiro atoms. The third-order valence-electron chi connectivity index (χ3n) is 4.07. The molecule has 1 aliphatic rings. The van der Waals surface area contributed by atoms with Crippen molar-refractivity contribution >= 4 is 11.6 Å². The number of hydrogen-bond acceptors (Lipinski definition) is 1. The maximum atomic E-state index is 6.72. The lowest BCUT2D eigenvalue weighted by Gasteiger charge is -2.18. The zero-order chi connectivity index (χ0) is 14.8. The van der Waals surface area contributed by atoms with Crippen LogP contribution in [0.1, 0.15) is 35.9 Å². The van der Waals surface area contributed by atoms with E-state index in [1.54, 1.807) is 0 Å². The van der Waals surface area contributed by atoms with Crippen molar-refractivity contribution in [2.45, 2.75) is 38.2 Å². The maximum Gasteiger partial charge on any atom is 0.119 e. The zero-order valence-corrected chi connectivity index (χ0v) is 13.3. The summed E-state index contributed by atoms with van der Waals surface area (Å²) in [5.74, 6) is 1.40. The van der Waals surface area contributed by atoms with Gasteiger partial charge in [0.1, 0.15) is 5.75 Å². The lowest BCUT2D eigenvalue weighted by molar-refractivity contribution is 0.242. The molecule has 1 aliphatic carbocycles. The predicted octanol–water partition coefficient (Wildman–Crippen LogP) is 5.17. The molecule has 0 aromatic heterocycles. The van der Waals surface area contributed by atoms with E-state index in [0.717, 1.165) is 18.6 Å². The zero-order valence-electron chi connectivity index (χ0n) is 12.6. The Kier molecular flexibility index (Phi) is 4.21. The van der Waals surface area contributed by atoms with Gasteiger partial charge >= 0.3 is 0 Å². The SMILES string of the molecule is CC(C)Oc1ccc(C(Cl)C2Cc3ccccc3C2)cc1. The smallest absolute Gasteiger partial charge is 0.119 e. The van der Waals surface area contributed by atoms with Crippen molar-refractivity contribution in [3.05, 3.63) is 65.2 Å². The normalized spacial score (nSPS) is 16.0. The third kappa shape index (κ3) is 3.24. The number of fused-ring (bicyclic) bond motifs is 1. The molecule has 2 aromatic carbocycles. The van der Waals surface area contributed by atoms with Gasteiger partial charge in [-0.25, -0.2) is 0 Å². The second-order valence-electron chi connectivity index (χ2n) is 6.07. The van der Waals surface area contributed by atoms with Crippen molar-refractivity contribution < 1.29 is 4.74 Å². The topological polar surface area (TPSA) is 9.23 Å². The molecule has 0 amide bonds. The fourth-order valence-electron chi connectivity index (χ4n) is 3.07. The highest BCUT2D eigenvalue weighted by Crippen LogP contribution is 2.39.